The molecule has 30 heavy (non-hydrogen) atoms. The van der Waals surface area contributed by atoms with Crippen LogP contribution in [0.2, 0.25) is 0 Å². The highest BCUT2D eigenvalue weighted by Crippen LogP contribution is 2.31. The number of piperazine rings is 1. The van der Waals surface area contributed by atoms with Gasteiger partial charge in [0.15, 0.2) is 0 Å². The summed E-state index contributed by atoms with van der Waals surface area (Å²) in [7, 11) is 1.22. The van der Waals surface area contributed by atoms with Gasteiger partial charge in [0, 0.05) is 32.4 Å². The third-order valence-electron chi connectivity index (χ3n) is 4.86. The zero-order chi connectivity index (χ0) is 21.9. The normalized spacial score (nSPS) is 17.4. The Morgan fingerprint density at radius 2 is 1.83 bits per heavy atom. The summed E-state index contributed by atoms with van der Waals surface area (Å²) < 4.78 is 66.9. The Morgan fingerprint density at radius 1 is 1.17 bits per heavy atom. The quantitative estimate of drug-likeness (QED) is 0.520. The van der Waals surface area contributed by atoms with E-state index in [0.717, 1.165) is 12.3 Å². The molecule has 2 heterocycles. The topological polar surface area (TPSA) is 85.8 Å². The largest absolute Gasteiger partial charge is 0.771 e. The summed E-state index contributed by atoms with van der Waals surface area (Å²) in [5, 5.41) is -1.05. The molecule has 0 amide bonds. The molecule has 3 rings (SSSR count). The van der Waals surface area contributed by atoms with Crippen molar-refractivity contribution in [2.45, 2.75) is 11.6 Å². The molecule has 1 aliphatic heterocycles. The zero-order valence-electron chi connectivity index (χ0n) is 16.0. The standard InChI is InChI=1S/C19H20F3N3O4S/c1-29-18(26)15-5-3-2-4-14(15)17(30(27)28)25-10-8-24(9-11-25)16-7-6-13(12-23-16)19(20,21)22/h2-7,12,17H,8-11H2,1H3,(H,27,28)/p-1. The highest BCUT2D eigenvalue weighted by Gasteiger charge is 2.32. The fourth-order valence-electron chi connectivity index (χ4n) is 3.36. The molecule has 2 atom stereocenters. The second-order valence-corrected chi connectivity index (χ2v) is 7.59. The lowest BCUT2D eigenvalue weighted by Gasteiger charge is -2.40. The van der Waals surface area contributed by atoms with Gasteiger partial charge in [0.2, 0.25) is 0 Å². The number of pyridine rings is 1. The molecule has 1 saturated heterocycles. The van der Waals surface area contributed by atoms with E-state index in [2.05, 4.69) is 4.98 Å². The molecule has 1 aromatic carbocycles. The maximum absolute atomic E-state index is 12.7. The van der Waals surface area contributed by atoms with E-state index >= 15 is 0 Å². The molecule has 0 bridgehead atoms. The maximum atomic E-state index is 12.7. The summed E-state index contributed by atoms with van der Waals surface area (Å²) in [6.45, 7) is 1.37. The monoisotopic (exact) mass is 442 g/mol. The maximum Gasteiger partial charge on any atom is 0.417 e. The number of ether oxygens (including phenoxy) is 1. The first-order chi connectivity index (χ1) is 14.2. The highest BCUT2D eigenvalue weighted by molar-refractivity contribution is 7.79. The van der Waals surface area contributed by atoms with E-state index in [4.69, 9.17) is 4.74 Å². The molecule has 0 radical (unpaired) electrons. The van der Waals surface area contributed by atoms with Gasteiger partial charge >= 0.3 is 12.1 Å². The molecule has 7 nitrogen and oxygen atoms in total. The molecule has 2 unspecified atom stereocenters. The zero-order valence-corrected chi connectivity index (χ0v) is 16.8. The average molecular weight is 442 g/mol. The van der Waals surface area contributed by atoms with Crippen LogP contribution in [0.4, 0.5) is 19.0 Å². The van der Waals surface area contributed by atoms with E-state index in [-0.39, 0.29) is 5.56 Å². The van der Waals surface area contributed by atoms with Crippen LogP contribution in [0.1, 0.15) is 26.9 Å². The van der Waals surface area contributed by atoms with Crippen LogP contribution in [0.15, 0.2) is 42.6 Å². The van der Waals surface area contributed by atoms with Crippen LogP contribution in [-0.2, 0) is 22.0 Å². The smallest absolute Gasteiger partial charge is 0.417 e. The first kappa shape index (κ1) is 22.2. The molecule has 0 saturated carbocycles. The van der Waals surface area contributed by atoms with E-state index in [1.54, 1.807) is 28.0 Å². The lowest BCUT2D eigenvalue weighted by molar-refractivity contribution is -0.137. The molecule has 0 N–H and O–H groups in total. The number of nitrogens with zero attached hydrogens (tertiary/aromatic N) is 3. The minimum Gasteiger partial charge on any atom is -0.771 e. The highest BCUT2D eigenvalue weighted by atomic mass is 32.2. The molecular formula is C19H19F3N3O4S-. The number of esters is 1. The minimum absolute atomic E-state index is 0.168. The van der Waals surface area contributed by atoms with Crippen LogP contribution >= 0.6 is 0 Å². The fourth-order valence-corrected chi connectivity index (χ4v) is 4.22. The van der Waals surface area contributed by atoms with Crippen molar-refractivity contribution < 1.29 is 31.5 Å². The van der Waals surface area contributed by atoms with Crippen LogP contribution in [0.25, 0.3) is 0 Å². The van der Waals surface area contributed by atoms with Crippen molar-refractivity contribution in [3.63, 3.8) is 0 Å². The lowest BCUT2D eigenvalue weighted by atomic mass is 10.1. The van der Waals surface area contributed by atoms with Gasteiger partial charge in [-0.2, -0.15) is 13.2 Å². The number of carbonyl (C=O) groups is 1. The van der Waals surface area contributed by atoms with Gasteiger partial charge in [-0.3, -0.25) is 9.11 Å². The van der Waals surface area contributed by atoms with Gasteiger partial charge in [-0.1, -0.05) is 18.2 Å². The molecule has 0 aliphatic carbocycles. The number of carbonyl (C=O) groups excluding carboxylic acids is 1. The summed E-state index contributed by atoms with van der Waals surface area (Å²) >= 11 is -2.54. The molecule has 162 valence electrons. The van der Waals surface area contributed by atoms with Crippen LogP contribution < -0.4 is 4.90 Å². The van der Waals surface area contributed by atoms with Gasteiger partial charge in [0.05, 0.1) is 23.6 Å². The minimum atomic E-state index is -4.46. The van der Waals surface area contributed by atoms with Crippen LogP contribution in [0.3, 0.4) is 0 Å². The van der Waals surface area contributed by atoms with E-state index in [1.165, 1.54) is 19.2 Å². The van der Waals surface area contributed by atoms with E-state index in [9.17, 15) is 26.7 Å². The molecule has 2 aromatic rings. The molecule has 1 fully saturated rings. The fraction of sp³-hybridized carbons (Fsp3) is 0.368. The number of anilines is 1. The van der Waals surface area contributed by atoms with Crippen molar-refractivity contribution in [3.8, 4) is 0 Å². The summed E-state index contributed by atoms with van der Waals surface area (Å²) in [6.07, 6.45) is -3.67. The second-order valence-electron chi connectivity index (χ2n) is 6.62. The molecule has 1 aromatic heterocycles. The average Bonchev–Trinajstić information content (AvgIpc) is 2.73. The molecule has 0 spiro atoms. The Labute approximate surface area is 173 Å². The van der Waals surface area contributed by atoms with Crippen LogP contribution in [0.5, 0.6) is 0 Å². The van der Waals surface area contributed by atoms with E-state index < -0.39 is 34.2 Å². The molecular weight excluding hydrogens is 423 g/mol. The van der Waals surface area contributed by atoms with Crippen molar-refractivity contribution in [1.29, 1.82) is 0 Å². The van der Waals surface area contributed by atoms with Crippen LogP contribution in [0, 0.1) is 0 Å². The van der Waals surface area contributed by atoms with Gasteiger partial charge in [-0.15, -0.1) is 0 Å². The van der Waals surface area contributed by atoms with E-state index in [1.807, 2.05) is 0 Å². The Hall–Kier alpha value is -2.50. The molecule has 1 aliphatic rings. The van der Waals surface area contributed by atoms with Gasteiger partial charge in [-0.25, -0.2) is 9.78 Å². The van der Waals surface area contributed by atoms with E-state index in [0.29, 0.717) is 37.6 Å². The van der Waals surface area contributed by atoms with Gasteiger partial charge in [0.25, 0.3) is 0 Å². The summed E-state index contributed by atoms with van der Waals surface area (Å²) in [5.74, 6) is -0.244. The number of aromatic nitrogens is 1. The van der Waals surface area contributed by atoms with Gasteiger partial charge in [0.1, 0.15) is 5.82 Å². The van der Waals surface area contributed by atoms with Crippen molar-refractivity contribution in [1.82, 2.24) is 9.88 Å². The first-order valence-corrected chi connectivity index (χ1v) is 10.1. The number of hydrogen-bond donors (Lipinski definition) is 0. The van der Waals surface area contributed by atoms with Crippen LogP contribution in [-0.4, -0.2) is 57.9 Å². The number of methoxy groups -OCH3 is 1. The summed E-state index contributed by atoms with van der Waals surface area (Å²) in [6, 6.07) is 8.60. The van der Waals surface area contributed by atoms with Crippen molar-refractivity contribution in [3.05, 3.63) is 59.3 Å². The Kier molecular flexibility index (Phi) is 6.74. The first-order valence-electron chi connectivity index (χ1n) is 9.00. The number of alkyl halides is 3. The summed E-state index contributed by atoms with van der Waals surface area (Å²) in [4.78, 5) is 19.4. The second kappa shape index (κ2) is 9.11. The molecule has 11 heteroatoms. The van der Waals surface area contributed by atoms with Crippen molar-refractivity contribution in [2.24, 2.45) is 0 Å². The van der Waals surface area contributed by atoms with Gasteiger partial charge < -0.3 is 14.2 Å². The SMILES string of the molecule is COC(=O)c1ccccc1C(N1CCN(c2ccc(C(F)(F)F)cn2)CC1)S(=O)[O-]. The number of hydrogen-bond acceptors (Lipinski definition) is 7. The number of benzene rings is 1. The predicted molar refractivity (Wildman–Crippen MR) is 102 cm³/mol. The summed E-state index contributed by atoms with van der Waals surface area (Å²) in [5.41, 5.74) is -0.342. The van der Waals surface area contributed by atoms with Crippen molar-refractivity contribution >= 4 is 22.9 Å². The number of rotatable bonds is 5. The Balaban J connectivity index is 1.76. The van der Waals surface area contributed by atoms with Gasteiger partial charge in [-0.05, 0) is 34.8 Å². The lowest BCUT2D eigenvalue weighted by Crippen LogP contribution is -2.49. The number of halogens is 3. The Morgan fingerprint density at radius 3 is 2.37 bits per heavy atom. The Bertz CT molecular complexity index is 916. The third-order valence-corrected chi connectivity index (χ3v) is 5.78. The predicted octanol–water partition coefficient (Wildman–Crippen LogP) is 2.59. The van der Waals surface area contributed by atoms with Crippen molar-refractivity contribution in [2.75, 3.05) is 38.2 Å². The third kappa shape index (κ3) is 4.79.